The maximum Gasteiger partial charge on any atom is 0.236 e. The van der Waals surface area contributed by atoms with E-state index in [2.05, 4.69) is 27.4 Å². The van der Waals surface area contributed by atoms with Crippen LogP contribution in [0.1, 0.15) is 18.2 Å². The summed E-state index contributed by atoms with van der Waals surface area (Å²) in [4.78, 5) is 14.8. The Morgan fingerprint density at radius 3 is 2.93 bits per heavy atom. The van der Waals surface area contributed by atoms with Crippen LogP contribution in [0.5, 0.6) is 0 Å². The number of halogens is 1. The summed E-state index contributed by atoms with van der Waals surface area (Å²) in [5, 5.41) is 2.07. The Bertz CT molecular complexity index is 300. The van der Waals surface area contributed by atoms with Crippen molar-refractivity contribution in [2.45, 2.75) is 24.6 Å². The smallest absolute Gasteiger partial charge is 0.236 e. The number of carbonyl (C=O) groups excluding carboxylic acids is 1. The van der Waals surface area contributed by atoms with Crippen LogP contribution in [0.3, 0.4) is 0 Å². The van der Waals surface area contributed by atoms with E-state index in [-0.39, 0.29) is 10.7 Å². The molecule has 0 aliphatic rings. The minimum atomic E-state index is -0.0363. The normalized spacial score (nSPS) is 12.5. The van der Waals surface area contributed by atoms with Gasteiger partial charge in [-0.3, -0.25) is 4.79 Å². The predicted octanol–water partition coefficient (Wildman–Crippen LogP) is 2.92. The van der Waals surface area contributed by atoms with Crippen LogP contribution in [0.25, 0.3) is 0 Å². The first-order chi connectivity index (χ1) is 7.15. The molecule has 0 fully saturated rings. The van der Waals surface area contributed by atoms with Gasteiger partial charge in [-0.2, -0.15) is 0 Å². The number of hydrogen-bond donors (Lipinski definition) is 0. The van der Waals surface area contributed by atoms with Gasteiger partial charge < -0.3 is 4.90 Å². The molecule has 1 rings (SSSR count). The van der Waals surface area contributed by atoms with E-state index in [0.29, 0.717) is 0 Å². The number of alkyl halides is 1. The molecular weight excluding hydrogens is 274 g/mol. The van der Waals surface area contributed by atoms with E-state index in [0.717, 1.165) is 19.4 Å². The van der Waals surface area contributed by atoms with Gasteiger partial charge in [0, 0.05) is 18.5 Å². The molecule has 0 aromatic carbocycles. The van der Waals surface area contributed by atoms with E-state index in [9.17, 15) is 4.79 Å². The highest BCUT2D eigenvalue weighted by Gasteiger charge is 2.16. The van der Waals surface area contributed by atoms with Crippen molar-refractivity contribution in [3.05, 3.63) is 22.4 Å². The molecule has 2 nitrogen and oxygen atoms in total. The van der Waals surface area contributed by atoms with Crippen LogP contribution >= 0.6 is 27.3 Å². The molecule has 15 heavy (non-hydrogen) atoms. The molecule has 0 N–H and O–H groups in total. The highest BCUT2D eigenvalue weighted by Crippen LogP contribution is 2.11. The van der Waals surface area contributed by atoms with Crippen molar-refractivity contribution in [3.63, 3.8) is 0 Å². The van der Waals surface area contributed by atoms with Gasteiger partial charge in [0.15, 0.2) is 0 Å². The number of likely N-dealkylation sites (N-methyl/N-ethyl adjacent to an activating group) is 1. The lowest BCUT2D eigenvalue weighted by Crippen LogP contribution is -2.34. The van der Waals surface area contributed by atoms with Gasteiger partial charge >= 0.3 is 0 Å². The van der Waals surface area contributed by atoms with Crippen LogP contribution in [0.15, 0.2) is 17.5 Å². The van der Waals surface area contributed by atoms with E-state index >= 15 is 0 Å². The number of amides is 1. The third-order valence-corrected chi connectivity index (χ3v) is 4.25. The van der Waals surface area contributed by atoms with Gasteiger partial charge in [0.1, 0.15) is 0 Å². The van der Waals surface area contributed by atoms with E-state index < -0.39 is 0 Å². The second-order valence-electron chi connectivity index (χ2n) is 3.46. The van der Waals surface area contributed by atoms with Gasteiger partial charge in [0.2, 0.25) is 5.91 Å². The molecule has 1 heterocycles. The third kappa shape index (κ3) is 3.95. The van der Waals surface area contributed by atoms with Crippen molar-refractivity contribution in [1.82, 2.24) is 4.90 Å². The van der Waals surface area contributed by atoms with E-state index in [1.54, 1.807) is 16.2 Å². The molecule has 0 aliphatic carbocycles. The van der Waals surface area contributed by atoms with Crippen LogP contribution in [0.4, 0.5) is 0 Å². The molecule has 0 spiro atoms. The highest BCUT2D eigenvalue weighted by atomic mass is 79.9. The summed E-state index contributed by atoms with van der Waals surface area (Å²) in [6, 6.07) is 4.15. The number of rotatable bonds is 5. The monoisotopic (exact) mass is 289 g/mol. The second-order valence-corrected chi connectivity index (χ2v) is 5.60. The van der Waals surface area contributed by atoms with Crippen molar-refractivity contribution < 1.29 is 4.79 Å². The van der Waals surface area contributed by atoms with Crippen molar-refractivity contribution in [3.8, 4) is 0 Å². The lowest BCUT2D eigenvalue weighted by Gasteiger charge is -2.19. The number of thiophene rings is 1. The predicted molar refractivity (Wildman–Crippen MR) is 68.7 cm³/mol. The molecule has 0 bridgehead atoms. The first kappa shape index (κ1) is 12.7. The average molecular weight is 290 g/mol. The van der Waals surface area contributed by atoms with Crippen molar-refractivity contribution in [2.75, 3.05) is 13.6 Å². The fraction of sp³-hybridized carbons (Fsp3) is 0.545. The zero-order chi connectivity index (χ0) is 11.3. The molecule has 4 heteroatoms. The van der Waals surface area contributed by atoms with Gasteiger partial charge in [0.05, 0.1) is 4.83 Å². The summed E-state index contributed by atoms with van der Waals surface area (Å²) in [6.07, 6.45) is 1.78. The van der Waals surface area contributed by atoms with Crippen LogP contribution in [-0.4, -0.2) is 29.2 Å². The molecule has 1 atom stereocenters. The molecule has 0 radical (unpaired) electrons. The van der Waals surface area contributed by atoms with Gasteiger partial charge in [-0.1, -0.05) is 28.9 Å². The molecule has 0 saturated carbocycles. The maximum absolute atomic E-state index is 11.7. The molecule has 1 aromatic heterocycles. The Morgan fingerprint density at radius 2 is 2.40 bits per heavy atom. The first-order valence-electron chi connectivity index (χ1n) is 5.06. The second kappa shape index (κ2) is 6.28. The molecule has 84 valence electrons. The topological polar surface area (TPSA) is 20.3 Å². The van der Waals surface area contributed by atoms with E-state index in [1.807, 2.05) is 20.0 Å². The van der Waals surface area contributed by atoms with Crippen molar-refractivity contribution in [2.24, 2.45) is 0 Å². The molecule has 1 aromatic rings. The Balaban J connectivity index is 2.35. The summed E-state index contributed by atoms with van der Waals surface area (Å²) in [7, 11) is 1.86. The van der Waals surface area contributed by atoms with Gasteiger partial charge in [-0.15, -0.1) is 11.3 Å². The van der Waals surface area contributed by atoms with Gasteiger partial charge in [-0.05, 0) is 24.3 Å². The summed E-state index contributed by atoms with van der Waals surface area (Å²) < 4.78 is 0. The number of hydrogen-bond acceptors (Lipinski definition) is 2. The van der Waals surface area contributed by atoms with Crippen LogP contribution in [-0.2, 0) is 11.2 Å². The molecule has 1 unspecified atom stereocenters. The van der Waals surface area contributed by atoms with Crippen molar-refractivity contribution in [1.29, 1.82) is 0 Å². The maximum atomic E-state index is 11.7. The van der Waals surface area contributed by atoms with Crippen LogP contribution in [0.2, 0.25) is 0 Å². The van der Waals surface area contributed by atoms with Gasteiger partial charge in [-0.25, -0.2) is 0 Å². The minimum Gasteiger partial charge on any atom is -0.344 e. The van der Waals surface area contributed by atoms with E-state index in [4.69, 9.17) is 0 Å². The Labute approximate surface area is 103 Å². The lowest BCUT2D eigenvalue weighted by atomic mass is 10.3. The van der Waals surface area contributed by atoms with Crippen LogP contribution < -0.4 is 0 Å². The fourth-order valence-electron chi connectivity index (χ4n) is 1.26. The quantitative estimate of drug-likeness (QED) is 0.764. The highest BCUT2D eigenvalue weighted by molar-refractivity contribution is 9.10. The Kier molecular flexibility index (Phi) is 5.32. The fourth-order valence-corrected chi connectivity index (χ4v) is 2.30. The molecular formula is C11H16BrNOS. The summed E-state index contributed by atoms with van der Waals surface area (Å²) >= 11 is 5.11. The van der Waals surface area contributed by atoms with Crippen molar-refractivity contribution >= 4 is 33.2 Å². The summed E-state index contributed by atoms with van der Waals surface area (Å²) in [5.41, 5.74) is 0. The SMILES string of the molecule is CCC(Br)C(=O)N(C)CCc1cccs1. The van der Waals surface area contributed by atoms with Crippen LogP contribution in [0, 0.1) is 0 Å². The lowest BCUT2D eigenvalue weighted by molar-refractivity contribution is -0.129. The number of carbonyl (C=O) groups is 1. The third-order valence-electron chi connectivity index (χ3n) is 2.28. The molecule has 0 aliphatic heterocycles. The standard InChI is InChI=1S/C11H16BrNOS/c1-3-10(12)11(14)13(2)7-6-9-5-4-8-15-9/h4-5,8,10H,3,6-7H2,1-2H3. The Morgan fingerprint density at radius 1 is 1.67 bits per heavy atom. The molecule has 1 amide bonds. The number of nitrogens with zero attached hydrogens (tertiary/aromatic N) is 1. The molecule has 0 saturated heterocycles. The largest absolute Gasteiger partial charge is 0.344 e. The summed E-state index contributed by atoms with van der Waals surface area (Å²) in [6.45, 7) is 2.80. The van der Waals surface area contributed by atoms with E-state index in [1.165, 1.54) is 4.88 Å². The van der Waals surface area contributed by atoms with Gasteiger partial charge in [0.25, 0.3) is 0 Å². The average Bonchev–Trinajstić information content (AvgIpc) is 2.76. The zero-order valence-electron chi connectivity index (χ0n) is 9.07. The summed E-state index contributed by atoms with van der Waals surface area (Å²) in [5.74, 6) is 0.175. The Hall–Kier alpha value is -0.350. The minimum absolute atomic E-state index is 0.0363. The zero-order valence-corrected chi connectivity index (χ0v) is 11.5. The first-order valence-corrected chi connectivity index (χ1v) is 6.86.